The summed E-state index contributed by atoms with van der Waals surface area (Å²) in [6, 6.07) is 1.42. The molecule has 1 heterocycles. The van der Waals surface area contributed by atoms with Crippen molar-refractivity contribution in [1.82, 2.24) is 0 Å². The van der Waals surface area contributed by atoms with Gasteiger partial charge >= 0.3 is 0 Å². The Morgan fingerprint density at radius 3 is 2.80 bits per heavy atom. The van der Waals surface area contributed by atoms with Gasteiger partial charge in [-0.1, -0.05) is 0 Å². The van der Waals surface area contributed by atoms with Crippen molar-refractivity contribution in [2.45, 2.75) is 12.5 Å². The van der Waals surface area contributed by atoms with E-state index < -0.39 is 0 Å². The van der Waals surface area contributed by atoms with Crippen molar-refractivity contribution in [3.8, 4) is 0 Å². The first-order valence-electron chi connectivity index (χ1n) is 1.98. The van der Waals surface area contributed by atoms with E-state index in [1.165, 1.54) is 12.5 Å². The van der Waals surface area contributed by atoms with Gasteiger partial charge in [0.05, 0.1) is 0 Å². The molecule has 2 heteroatoms. The lowest BCUT2D eigenvalue weighted by molar-refractivity contribution is 0.985. The first-order valence-corrected chi connectivity index (χ1v) is 3.32. The Labute approximate surface area is 34.0 Å². The maximum Gasteiger partial charge on any atom is 0.105 e. The molecule has 0 saturated heterocycles. The van der Waals surface area contributed by atoms with Crippen LogP contribution in [0.2, 0.25) is 6.04 Å². The third-order valence-corrected chi connectivity index (χ3v) is 1.93. The highest BCUT2D eigenvalue weighted by Crippen LogP contribution is 1.92. The zero-order chi connectivity index (χ0) is 3.54. The molecule has 5 heavy (non-hydrogen) atoms. The second-order valence-electron chi connectivity index (χ2n) is 1.23. The Kier molecular flexibility index (Phi) is 0.934. The van der Waals surface area contributed by atoms with E-state index in [9.17, 15) is 0 Å². The van der Waals surface area contributed by atoms with Crippen molar-refractivity contribution >= 4 is 9.31 Å². The molecular weight excluding hydrogens is 78.1 g/mol. The molecule has 28 valence electrons. The molecule has 0 aromatic heterocycles. The topological polar surface area (TPSA) is 12.4 Å². The van der Waals surface area contributed by atoms with Crippen LogP contribution in [-0.2, 0) is 0 Å². The Hall–Kier alpha value is 0.0169. The SMILES string of the molecule is C1CN=[SiH]C1. The van der Waals surface area contributed by atoms with Crippen LogP contribution in [0.4, 0.5) is 0 Å². The Morgan fingerprint density at radius 2 is 2.60 bits per heavy atom. The molecule has 0 aliphatic carbocycles. The standard InChI is InChI=1S/C3H7NSi/c1-2-4-5-3-1/h5H,1-3H2. The lowest BCUT2D eigenvalue weighted by Gasteiger charge is -1.68. The zero-order valence-electron chi connectivity index (χ0n) is 3.15. The van der Waals surface area contributed by atoms with E-state index in [1.807, 2.05) is 0 Å². The van der Waals surface area contributed by atoms with Gasteiger partial charge in [-0.25, -0.2) is 0 Å². The van der Waals surface area contributed by atoms with Crippen LogP contribution in [-0.4, -0.2) is 15.9 Å². The Balaban J connectivity index is 2.32. The van der Waals surface area contributed by atoms with Crippen LogP contribution in [0.3, 0.4) is 0 Å². The monoisotopic (exact) mass is 85.0 g/mol. The number of nitrogens with zero attached hydrogens (tertiary/aromatic N) is 1. The molecule has 0 unspecified atom stereocenters. The molecule has 0 aromatic rings. The van der Waals surface area contributed by atoms with Gasteiger partial charge in [0.1, 0.15) is 9.31 Å². The Morgan fingerprint density at radius 1 is 1.60 bits per heavy atom. The minimum atomic E-state index is 0.551. The van der Waals surface area contributed by atoms with Gasteiger partial charge in [-0.05, 0) is 12.5 Å². The van der Waals surface area contributed by atoms with Gasteiger partial charge in [0, 0.05) is 6.54 Å². The zero-order valence-corrected chi connectivity index (χ0v) is 4.30. The summed E-state index contributed by atoms with van der Waals surface area (Å²) in [7, 11) is 0.551. The van der Waals surface area contributed by atoms with E-state index in [0.29, 0.717) is 9.31 Å². The largest absolute Gasteiger partial charge is 0.340 e. The van der Waals surface area contributed by atoms with Crippen LogP contribution in [0.5, 0.6) is 0 Å². The predicted molar refractivity (Wildman–Crippen MR) is 23.9 cm³/mol. The van der Waals surface area contributed by atoms with Crippen LogP contribution < -0.4 is 0 Å². The van der Waals surface area contributed by atoms with Gasteiger partial charge in [-0.15, -0.1) is 0 Å². The first kappa shape index (κ1) is 3.22. The molecule has 0 saturated carbocycles. The van der Waals surface area contributed by atoms with E-state index in [1.54, 1.807) is 0 Å². The van der Waals surface area contributed by atoms with Gasteiger partial charge in [-0.2, -0.15) is 0 Å². The van der Waals surface area contributed by atoms with Crippen LogP contribution >= 0.6 is 0 Å². The Bertz CT molecular complexity index is 44.9. The van der Waals surface area contributed by atoms with Crippen LogP contribution in [0.15, 0.2) is 4.63 Å². The fourth-order valence-corrected chi connectivity index (χ4v) is 1.37. The molecule has 1 rings (SSSR count). The predicted octanol–water partition coefficient (Wildman–Crippen LogP) is 0.428. The van der Waals surface area contributed by atoms with Gasteiger partial charge in [0.25, 0.3) is 0 Å². The quantitative estimate of drug-likeness (QED) is 0.378. The highest BCUT2D eigenvalue weighted by Gasteiger charge is 1.86. The smallest absolute Gasteiger partial charge is 0.105 e. The summed E-state index contributed by atoms with van der Waals surface area (Å²) in [5.41, 5.74) is 0. The van der Waals surface area contributed by atoms with Gasteiger partial charge in [-0.3, -0.25) is 0 Å². The van der Waals surface area contributed by atoms with E-state index in [-0.39, 0.29) is 0 Å². The molecule has 0 atom stereocenters. The number of rotatable bonds is 0. The molecule has 0 N–H and O–H groups in total. The molecule has 0 spiro atoms. The summed E-state index contributed by atoms with van der Waals surface area (Å²) in [6.45, 7) is 1.16. The summed E-state index contributed by atoms with van der Waals surface area (Å²) in [4.78, 5) is 0. The minimum absolute atomic E-state index is 0.551. The summed E-state index contributed by atoms with van der Waals surface area (Å²) < 4.78 is 4.17. The molecule has 0 aromatic carbocycles. The fraction of sp³-hybridized carbons (Fsp3) is 1.00. The normalized spacial score (nSPS) is 20.8. The van der Waals surface area contributed by atoms with Crippen LogP contribution in [0.1, 0.15) is 6.42 Å². The second kappa shape index (κ2) is 1.45. The van der Waals surface area contributed by atoms with E-state index >= 15 is 0 Å². The van der Waals surface area contributed by atoms with Crippen molar-refractivity contribution in [2.75, 3.05) is 6.54 Å². The molecular formula is C3H7NSi. The second-order valence-corrected chi connectivity index (χ2v) is 2.54. The third-order valence-electron chi connectivity index (χ3n) is 0.750. The van der Waals surface area contributed by atoms with Crippen LogP contribution in [0.25, 0.3) is 0 Å². The molecule has 1 aliphatic rings. The summed E-state index contributed by atoms with van der Waals surface area (Å²) >= 11 is 0. The average Bonchev–Trinajstić information content (AvgIpc) is 1.76. The van der Waals surface area contributed by atoms with Crippen molar-refractivity contribution in [2.24, 2.45) is 4.63 Å². The fourth-order valence-electron chi connectivity index (χ4n) is 0.456. The van der Waals surface area contributed by atoms with E-state index in [2.05, 4.69) is 4.63 Å². The molecule has 0 bridgehead atoms. The molecule has 0 amide bonds. The lowest BCUT2D eigenvalue weighted by atomic mass is 10.5. The van der Waals surface area contributed by atoms with E-state index in [0.717, 1.165) is 6.54 Å². The van der Waals surface area contributed by atoms with Crippen molar-refractivity contribution in [3.05, 3.63) is 0 Å². The van der Waals surface area contributed by atoms with Crippen molar-refractivity contribution in [3.63, 3.8) is 0 Å². The maximum absolute atomic E-state index is 4.17. The average molecular weight is 85.2 g/mol. The minimum Gasteiger partial charge on any atom is -0.340 e. The van der Waals surface area contributed by atoms with E-state index in [4.69, 9.17) is 0 Å². The summed E-state index contributed by atoms with van der Waals surface area (Å²) in [5.74, 6) is 0. The summed E-state index contributed by atoms with van der Waals surface area (Å²) in [6.07, 6.45) is 1.37. The summed E-state index contributed by atoms with van der Waals surface area (Å²) in [5, 5.41) is 0. The highest BCUT2D eigenvalue weighted by molar-refractivity contribution is 6.22. The number of hydrogen-bond donors (Lipinski definition) is 0. The van der Waals surface area contributed by atoms with Crippen molar-refractivity contribution in [1.29, 1.82) is 0 Å². The van der Waals surface area contributed by atoms with Crippen LogP contribution in [0, 0.1) is 0 Å². The highest BCUT2D eigenvalue weighted by atomic mass is 28.2. The molecule has 0 fully saturated rings. The van der Waals surface area contributed by atoms with Crippen molar-refractivity contribution < 1.29 is 0 Å². The molecule has 1 aliphatic heterocycles. The first-order chi connectivity index (χ1) is 2.50. The van der Waals surface area contributed by atoms with Gasteiger partial charge in [0.2, 0.25) is 0 Å². The lowest BCUT2D eigenvalue weighted by Crippen LogP contribution is -1.61. The third kappa shape index (κ3) is 0.649. The molecule has 0 radical (unpaired) electrons. The van der Waals surface area contributed by atoms with Gasteiger partial charge < -0.3 is 4.63 Å². The molecule has 1 nitrogen and oxygen atoms in total. The number of hydrogen-bond acceptors (Lipinski definition) is 1. The van der Waals surface area contributed by atoms with Gasteiger partial charge in [0.15, 0.2) is 0 Å². The maximum atomic E-state index is 4.17.